The van der Waals surface area contributed by atoms with Crippen LogP contribution in [0.25, 0.3) is 0 Å². The third kappa shape index (κ3) is 5.55. The van der Waals surface area contributed by atoms with Gasteiger partial charge in [-0.25, -0.2) is 5.01 Å². The van der Waals surface area contributed by atoms with Gasteiger partial charge in [0, 0.05) is 10.6 Å². The van der Waals surface area contributed by atoms with Crippen LogP contribution in [0.3, 0.4) is 0 Å². The van der Waals surface area contributed by atoms with Crippen LogP contribution in [-0.4, -0.2) is 26.9 Å². The van der Waals surface area contributed by atoms with Gasteiger partial charge in [0.25, 0.3) is 5.91 Å². The van der Waals surface area contributed by atoms with Gasteiger partial charge in [-0.2, -0.15) is 0 Å². The van der Waals surface area contributed by atoms with E-state index < -0.39 is 28.6 Å². The molecule has 0 bridgehead atoms. The number of carbonyl (C=O) groups excluding carboxylic acids is 1. The van der Waals surface area contributed by atoms with E-state index in [1.54, 1.807) is 60.7 Å². The highest BCUT2D eigenvalue weighted by molar-refractivity contribution is 7.85. The number of carbonyl (C=O) groups is 2. The second kappa shape index (κ2) is 10.4. The molecule has 0 saturated heterocycles. The second-order valence-electron chi connectivity index (χ2n) is 6.53. The molecule has 3 rings (SSSR count). The average molecular weight is 423 g/mol. The van der Waals surface area contributed by atoms with Gasteiger partial charge in [-0.1, -0.05) is 54.6 Å². The smallest absolute Gasteiger partial charge is 0.316 e. The fourth-order valence-electron chi connectivity index (χ4n) is 2.89. The van der Waals surface area contributed by atoms with E-state index in [0.717, 1.165) is 0 Å². The van der Waals surface area contributed by atoms with Crippen molar-refractivity contribution in [3.05, 3.63) is 91.0 Å². The first-order valence-electron chi connectivity index (χ1n) is 9.43. The highest BCUT2D eigenvalue weighted by atomic mass is 32.2. The second-order valence-corrected chi connectivity index (χ2v) is 8.10. The van der Waals surface area contributed by atoms with Gasteiger partial charge >= 0.3 is 5.97 Å². The van der Waals surface area contributed by atoms with Crippen molar-refractivity contribution in [1.29, 1.82) is 0 Å². The monoisotopic (exact) mass is 422 g/mol. The molecule has 0 aliphatic rings. The third-order valence-electron chi connectivity index (χ3n) is 4.44. The summed E-state index contributed by atoms with van der Waals surface area (Å²) in [5.74, 6) is -3.14. The highest BCUT2D eigenvalue weighted by Crippen LogP contribution is 2.21. The van der Waals surface area contributed by atoms with Crippen LogP contribution in [-0.2, 0) is 20.4 Å². The Bertz CT molecular complexity index is 997. The summed E-state index contributed by atoms with van der Waals surface area (Å²) in [4.78, 5) is 25.7. The van der Waals surface area contributed by atoms with Crippen molar-refractivity contribution >= 4 is 34.1 Å². The number of hydrazine groups is 1. The van der Waals surface area contributed by atoms with Crippen molar-refractivity contribution in [3.63, 3.8) is 0 Å². The highest BCUT2D eigenvalue weighted by Gasteiger charge is 2.32. The molecule has 2 unspecified atom stereocenters. The van der Waals surface area contributed by atoms with Gasteiger partial charge < -0.3 is 5.11 Å². The zero-order valence-corrected chi connectivity index (χ0v) is 17.0. The van der Waals surface area contributed by atoms with Gasteiger partial charge in [-0.05, 0) is 42.8 Å². The predicted molar refractivity (Wildman–Crippen MR) is 117 cm³/mol. The minimum absolute atomic E-state index is 0.0462. The van der Waals surface area contributed by atoms with Crippen LogP contribution in [0.1, 0.15) is 6.42 Å². The number of rotatable bonds is 9. The van der Waals surface area contributed by atoms with Gasteiger partial charge in [-0.15, -0.1) is 0 Å². The van der Waals surface area contributed by atoms with E-state index in [2.05, 4.69) is 5.43 Å². The van der Waals surface area contributed by atoms with Crippen molar-refractivity contribution in [2.45, 2.75) is 11.3 Å². The Hall–Kier alpha value is -3.45. The van der Waals surface area contributed by atoms with E-state index in [1.807, 2.05) is 30.3 Å². The first-order chi connectivity index (χ1) is 14.6. The molecule has 154 valence electrons. The van der Waals surface area contributed by atoms with E-state index >= 15 is 0 Å². The van der Waals surface area contributed by atoms with Gasteiger partial charge in [0.05, 0.1) is 22.2 Å². The SMILES string of the molecule is O=C(O)C(CCS(=O)c1ccccc1)C(=O)N(Nc1ccccc1)c1ccccc1. The molecule has 0 spiro atoms. The summed E-state index contributed by atoms with van der Waals surface area (Å²) in [5.41, 5.74) is 4.15. The van der Waals surface area contributed by atoms with Crippen LogP contribution >= 0.6 is 0 Å². The topological polar surface area (TPSA) is 86.7 Å². The number of benzene rings is 3. The normalized spacial score (nSPS) is 12.5. The molecule has 0 radical (unpaired) electrons. The summed E-state index contributed by atoms with van der Waals surface area (Å²) in [7, 11) is -1.39. The predicted octanol–water partition coefficient (Wildman–Crippen LogP) is 3.95. The van der Waals surface area contributed by atoms with Crippen LogP contribution < -0.4 is 10.4 Å². The van der Waals surface area contributed by atoms with Crippen molar-refractivity contribution in [3.8, 4) is 0 Å². The Balaban J connectivity index is 1.80. The number of para-hydroxylation sites is 2. The summed E-state index contributed by atoms with van der Waals surface area (Å²) >= 11 is 0. The van der Waals surface area contributed by atoms with Gasteiger partial charge in [0.2, 0.25) is 0 Å². The molecule has 3 aromatic carbocycles. The third-order valence-corrected chi connectivity index (χ3v) is 5.85. The number of carboxylic acid groups (broad SMARTS) is 1. The van der Waals surface area contributed by atoms with E-state index in [0.29, 0.717) is 16.3 Å². The van der Waals surface area contributed by atoms with Crippen LogP contribution in [0.2, 0.25) is 0 Å². The molecule has 0 saturated carbocycles. The summed E-state index contributed by atoms with van der Waals surface area (Å²) < 4.78 is 12.5. The molecule has 0 aromatic heterocycles. The van der Waals surface area contributed by atoms with Crippen molar-refractivity contribution in [2.24, 2.45) is 5.92 Å². The first-order valence-corrected chi connectivity index (χ1v) is 10.7. The number of aliphatic carboxylic acids is 1. The Labute approximate surface area is 177 Å². The molecule has 0 fully saturated rings. The molecule has 2 atom stereocenters. The van der Waals surface area contributed by atoms with Gasteiger partial charge in [-0.3, -0.25) is 19.2 Å². The zero-order valence-electron chi connectivity index (χ0n) is 16.2. The standard InChI is InChI=1S/C23H22N2O4S/c26-22(21(23(27)28)16-17-30(29)20-14-8-3-9-15-20)25(19-12-6-2-7-13-19)24-18-10-4-1-5-11-18/h1-15,21,24H,16-17H2,(H,27,28). The number of carboxylic acids is 1. The quantitative estimate of drug-likeness (QED) is 0.403. The summed E-state index contributed by atoms with van der Waals surface area (Å²) in [6.45, 7) is 0. The van der Waals surface area contributed by atoms with Crippen LogP contribution in [0, 0.1) is 5.92 Å². The lowest BCUT2D eigenvalue weighted by molar-refractivity contribution is -0.146. The van der Waals surface area contributed by atoms with Gasteiger partial charge in [0.1, 0.15) is 5.92 Å². The van der Waals surface area contributed by atoms with Gasteiger partial charge in [0.15, 0.2) is 0 Å². The Morgan fingerprint density at radius 1 is 0.867 bits per heavy atom. The Morgan fingerprint density at radius 2 is 1.40 bits per heavy atom. The number of anilines is 2. The molecular formula is C23H22N2O4S. The Kier molecular flexibility index (Phi) is 7.34. The fraction of sp³-hybridized carbons (Fsp3) is 0.130. The molecule has 7 heteroatoms. The molecular weight excluding hydrogens is 400 g/mol. The van der Waals surface area contributed by atoms with Crippen LogP contribution in [0.15, 0.2) is 95.9 Å². The van der Waals surface area contributed by atoms with Crippen LogP contribution in [0.5, 0.6) is 0 Å². The average Bonchev–Trinajstić information content (AvgIpc) is 2.79. The van der Waals surface area contributed by atoms with Crippen molar-refractivity contribution in [2.75, 3.05) is 16.2 Å². The van der Waals surface area contributed by atoms with Crippen molar-refractivity contribution < 1.29 is 18.9 Å². The lowest BCUT2D eigenvalue weighted by Crippen LogP contribution is -2.43. The van der Waals surface area contributed by atoms with E-state index in [-0.39, 0.29) is 12.2 Å². The lowest BCUT2D eigenvalue weighted by atomic mass is 10.1. The molecule has 30 heavy (non-hydrogen) atoms. The summed E-state index contributed by atoms with van der Waals surface area (Å²) in [5, 5.41) is 11.0. The minimum atomic E-state index is -1.39. The lowest BCUT2D eigenvalue weighted by Gasteiger charge is -2.27. The summed E-state index contributed by atoms with van der Waals surface area (Å²) in [6, 6.07) is 26.6. The van der Waals surface area contributed by atoms with E-state index in [9.17, 15) is 18.9 Å². The first kappa shape index (κ1) is 21.3. The van der Waals surface area contributed by atoms with Crippen LogP contribution in [0.4, 0.5) is 11.4 Å². The Morgan fingerprint density at radius 3 is 1.97 bits per heavy atom. The summed E-state index contributed by atoms with van der Waals surface area (Å²) in [6.07, 6.45) is -0.0462. The number of hydrogen-bond acceptors (Lipinski definition) is 4. The number of nitrogens with one attached hydrogen (secondary N) is 1. The maximum atomic E-state index is 13.2. The molecule has 3 aromatic rings. The molecule has 2 N–H and O–H groups in total. The van der Waals surface area contributed by atoms with Crippen molar-refractivity contribution in [1.82, 2.24) is 0 Å². The number of hydrogen-bond donors (Lipinski definition) is 2. The fourth-order valence-corrected chi connectivity index (χ4v) is 4.04. The molecule has 1 amide bonds. The molecule has 0 aliphatic carbocycles. The molecule has 0 heterocycles. The van der Waals surface area contributed by atoms with E-state index in [4.69, 9.17) is 0 Å². The number of amides is 1. The van der Waals surface area contributed by atoms with E-state index in [1.165, 1.54) is 5.01 Å². The zero-order chi connectivity index (χ0) is 21.3. The largest absolute Gasteiger partial charge is 0.481 e. The number of nitrogens with zero attached hydrogens (tertiary/aromatic N) is 1. The molecule has 0 aliphatic heterocycles. The maximum absolute atomic E-state index is 13.2. The maximum Gasteiger partial charge on any atom is 0.316 e. The molecule has 6 nitrogen and oxygen atoms in total. The minimum Gasteiger partial charge on any atom is -0.481 e.